The standard InChI is InChI=1S/4C3H6OS/c4*1-2-3(4)5/h4*2H2,1H3,(H,4,5). The van der Waals surface area contributed by atoms with Crippen molar-refractivity contribution in [3.63, 3.8) is 0 Å². The molecule has 0 amide bonds. The lowest BCUT2D eigenvalue weighted by Crippen LogP contribution is -1.82. The van der Waals surface area contributed by atoms with Gasteiger partial charge in [-0.3, -0.25) is 0 Å². The zero-order valence-corrected chi connectivity index (χ0v) is 15.5. The van der Waals surface area contributed by atoms with Gasteiger partial charge < -0.3 is 20.4 Å². The van der Waals surface area contributed by atoms with Crippen molar-refractivity contribution in [2.45, 2.75) is 53.4 Å². The maximum absolute atomic E-state index is 8.09. The fourth-order valence-electron chi connectivity index (χ4n) is 0. The number of rotatable bonds is 4. The van der Waals surface area contributed by atoms with Crippen molar-refractivity contribution in [2.75, 3.05) is 0 Å². The van der Waals surface area contributed by atoms with Crippen molar-refractivity contribution in [2.24, 2.45) is 0 Å². The summed E-state index contributed by atoms with van der Waals surface area (Å²) in [6.07, 6.45) is 2.37. The van der Waals surface area contributed by atoms with Crippen LogP contribution in [0.15, 0.2) is 0 Å². The summed E-state index contributed by atoms with van der Waals surface area (Å²) in [4.78, 5) is 0. The van der Waals surface area contributed by atoms with Crippen LogP contribution in [-0.4, -0.2) is 40.6 Å². The highest BCUT2D eigenvalue weighted by Gasteiger charge is 1.75. The Morgan fingerprint density at radius 2 is 0.550 bits per heavy atom. The molecule has 0 bridgehead atoms. The van der Waals surface area contributed by atoms with Crippen LogP contribution in [0.1, 0.15) is 53.4 Å². The van der Waals surface area contributed by atoms with Crippen LogP contribution in [0.5, 0.6) is 0 Å². The molecule has 0 saturated carbocycles. The monoisotopic (exact) mass is 360 g/mol. The van der Waals surface area contributed by atoms with E-state index in [1.54, 1.807) is 0 Å². The van der Waals surface area contributed by atoms with Crippen LogP contribution in [0.25, 0.3) is 0 Å². The van der Waals surface area contributed by atoms with Crippen LogP contribution < -0.4 is 0 Å². The van der Waals surface area contributed by atoms with Gasteiger partial charge in [-0.2, -0.15) is 0 Å². The van der Waals surface area contributed by atoms with E-state index < -0.39 is 0 Å². The van der Waals surface area contributed by atoms with Gasteiger partial charge in [0.1, 0.15) is 0 Å². The summed E-state index contributed by atoms with van der Waals surface area (Å²) in [5.74, 6) is 0. The normalized spacial score (nSPS) is 7.40. The lowest BCUT2D eigenvalue weighted by Gasteiger charge is -1.76. The van der Waals surface area contributed by atoms with E-state index in [0.29, 0.717) is 25.7 Å². The fourth-order valence-corrected chi connectivity index (χ4v) is 0. The van der Waals surface area contributed by atoms with E-state index in [0.717, 1.165) is 0 Å². The van der Waals surface area contributed by atoms with Crippen molar-refractivity contribution in [1.29, 1.82) is 0 Å². The zero-order chi connectivity index (χ0) is 17.1. The highest BCUT2D eigenvalue weighted by atomic mass is 32.1. The fraction of sp³-hybridized carbons (Fsp3) is 0.667. The highest BCUT2D eigenvalue weighted by Crippen LogP contribution is 1.74. The average molecular weight is 361 g/mol. The van der Waals surface area contributed by atoms with Crippen LogP contribution in [0.3, 0.4) is 0 Å². The first-order valence-electron chi connectivity index (χ1n) is 5.95. The lowest BCUT2D eigenvalue weighted by atomic mass is 10.5. The molecule has 0 aliphatic heterocycles. The number of aliphatic hydroxyl groups excluding tert-OH is 4. The van der Waals surface area contributed by atoms with Gasteiger partial charge >= 0.3 is 0 Å². The SMILES string of the molecule is CCC(O)=S.CCC(O)=S.CCC(O)=S.CCC(O)=S. The second-order valence-electron chi connectivity index (χ2n) is 2.99. The molecule has 0 aromatic carbocycles. The highest BCUT2D eigenvalue weighted by molar-refractivity contribution is 7.80. The molecule has 4 nitrogen and oxygen atoms in total. The second kappa shape index (κ2) is 23.6. The van der Waals surface area contributed by atoms with E-state index in [-0.39, 0.29) is 20.2 Å². The Bertz CT molecular complexity index is 225. The Balaban J connectivity index is -0.0000000853. The Labute approximate surface area is 142 Å². The largest absolute Gasteiger partial charge is 0.502 e. The van der Waals surface area contributed by atoms with Gasteiger partial charge in [0.25, 0.3) is 0 Å². The first-order valence-corrected chi connectivity index (χ1v) is 7.59. The molecule has 0 spiro atoms. The van der Waals surface area contributed by atoms with E-state index in [9.17, 15) is 0 Å². The number of hydrogen-bond donors (Lipinski definition) is 4. The molecule has 120 valence electrons. The first kappa shape index (κ1) is 27.8. The third-order valence-corrected chi connectivity index (χ3v) is 2.36. The number of thiocarbonyl (C=S) groups is 4. The molecule has 0 unspecified atom stereocenters. The van der Waals surface area contributed by atoms with Crippen LogP contribution in [0.4, 0.5) is 0 Å². The van der Waals surface area contributed by atoms with E-state index in [1.165, 1.54) is 0 Å². The van der Waals surface area contributed by atoms with Crippen molar-refractivity contribution in [1.82, 2.24) is 0 Å². The lowest BCUT2D eigenvalue weighted by molar-refractivity contribution is 0.552. The molecule has 20 heavy (non-hydrogen) atoms. The maximum atomic E-state index is 8.09. The second-order valence-corrected chi connectivity index (χ2v) is 4.87. The number of hydrogen-bond acceptors (Lipinski definition) is 4. The summed E-state index contributed by atoms with van der Waals surface area (Å²) in [6.45, 7) is 7.23. The molecule has 0 aromatic rings. The maximum Gasteiger partial charge on any atom is 0.156 e. The summed E-state index contributed by atoms with van der Waals surface area (Å²) >= 11 is 17.0. The molecule has 0 rings (SSSR count). The van der Waals surface area contributed by atoms with Gasteiger partial charge in [-0.05, 0) is 48.9 Å². The quantitative estimate of drug-likeness (QED) is 0.514. The van der Waals surface area contributed by atoms with E-state index in [1.807, 2.05) is 27.7 Å². The van der Waals surface area contributed by atoms with Gasteiger partial charge in [-0.15, -0.1) is 0 Å². The van der Waals surface area contributed by atoms with Crippen LogP contribution >= 0.6 is 48.9 Å². The van der Waals surface area contributed by atoms with E-state index in [2.05, 4.69) is 48.9 Å². The third kappa shape index (κ3) is 84.3. The van der Waals surface area contributed by atoms with Crippen LogP contribution in [0, 0.1) is 0 Å². The summed E-state index contributed by atoms with van der Waals surface area (Å²) in [7, 11) is 0. The molecule has 0 fully saturated rings. The molecule has 0 atom stereocenters. The molecule has 0 heterocycles. The Morgan fingerprint density at radius 1 is 0.500 bits per heavy atom. The van der Waals surface area contributed by atoms with Crippen LogP contribution in [-0.2, 0) is 0 Å². The topological polar surface area (TPSA) is 80.9 Å². The van der Waals surface area contributed by atoms with E-state index >= 15 is 0 Å². The zero-order valence-electron chi connectivity index (χ0n) is 12.3. The third-order valence-electron chi connectivity index (χ3n) is 1.21. The van der Waals surface area contributed by atoms with Gasteiger partial charge in [0.15, 0.2) is 20.2 Å². The smallest absolute Gasteiger partial charge is 0.156 e. The summed E-state index contributed by atoms with van der Waals surface area (Å²) < 4.78 is 0. The molecule has 4 N–H and O–H groups in total. The summed E-state index contributed by atoms with van der Waals surface area (Å²) in [6, 6.07) is 0. The molecule has 0 aliphatic carbocycles. The molecular weight excluding hydrogens is 336 g/mol. The minimum atomic E-state index is 0.0880. The van der Waals surface area contributed by atoms with Gasteiger partial charge in [0.05, 0.1) is 0 Å². The van der Waals surface area contributed by atoms with Gasteiger partial charge in [-0.25, -0.2) is 0 Å². The Hall–Kier alpha value is -0.440. The molecule has 8 heteroatoms. The number of aliphatic hydroxyl groups is 4. The Morgan fingerprint density at radius 3 is 0.550 bits per heavy atom. The first-order chi connectivity index (χ1) is 9.08. The van der Waals surface area contributed by atoms with Gasteiger partial charge in [-0.1, -0.05) is 27.7 Å². The van der Waals surface area contributed by atoms with Crippen molar-refractivity contribution in [3.8, 4) is 0 Å². The Kier molecular flexibility index (Phi) is 32.9. The summed E-state index contributed by atoms with van der Waals surface area (Å²) in [5, 5.41) is 32.7. The van der Waals surface area contributed by atoms with Crippen LogP contribution in [0.2, 0.25) is 0 Å². The summed E-state index contributed by atoms with van der Waals surface area (Å²) in [5.41, 5.74) is 0. The van der Waals surface area contributed by atoms with Crippen molar-refractivity contribution >= 4 is 69.1 Å². The average Bonchev–Trinajstić information content (AvgIpc) is 2.40. The van der Waals surface area contributed by atoms with Crippen molar-refractivity contribution < 1.29 is 20.4 Å². The molecule has 0 aliphatic rings. The molecular formula is C12H24O4S4. The predicted octanol–water partition coefficient (Wildman–Crippen LogP) is 5.13. The predicted molar refractivity (Wildman–Crippen MR) is 102 cm³/mol. The van der Waals surface area contributed by atoms with Gasteiger partial charge in [0.2, 0.25) is 0 Å². The molecule has 0 saturated heterocycles. The minimum absolute atomic E-state index is 0.0880. The molecule has 0 aromatic heterocycles. The van der Waals surface area contributed by atoms with Crippen molar-refractivity contribution in [3.05, 3.63) is 0 Å². The van der Waals surface area contributed by atoms with Gasteiger partial charge in [0, 0.05) is 25.7 Å². The molecule has 0 radical (unpaired) electrons. The van der Waals surface area contributed by atoms with E-state index in [4.69, 9.17) is 20.4 Å². The minimum Gasteiger partial charge on any atom is -0.502 e.